The van der Waals surface area contributed by atoms with Crippen LogP contribution in [0.25, 0.3) is 0 Å². The monoisotopic (exact) mass is 287 g/mol. The first-order valence-electron chi connectivity index (χ1n) is 8.28. The largest absolute Gasteiger partial charge is 0.364 e. The van der Waals surface area contributed by atoms with E-state index in [9.17, 15) is 4.79 Å². The van der Waals surface area contributed by atoms with Crippen LogP contribution in [0.2, 0.25) is 0 Å². The zero-order chi connectivity index (χ0) is 14.7. The molecule has 0 unspecified atom stereocenters. The number of amides is 1. The Morgan fingerprint density at radius 3 is 2.81 bits per heavy atom. The number of carbonyl (C=O) groups is 1. The molecule has 1 aliphatic heterocycles. The quantitative estimate of drug-likeness (QED) is 0.783. The minimum Gasteiger partial charge on any atom is -0.364 e. The van der Waals surface area contributed by atoms with Crippen LogP contribution >= 0.6 is 0 Å². The van der Waals surface area contributed by atoms with Gasteiger partial charge in [0.1, 0.15) is 0 Å². The maximum absolute atomic E-state index is 12.0. The summed E-state index contributed by atoms with van der Waals surface area (Å²) < 4.78 is 0. The van der Waals surface area contributed by atoms with Crippen molar-refractivity contribution in [3.63, 3.8) is 0 Å². The molecule has 0 spiro atoms. The third-order valence-electron chi connectivity index (χ3n) is 4.89. The van der Waals surface area contributed by atoms with Crippen molar-refractivity contribution < 1.29 is 4.79 Å². The van der Waals surface area contributed by atoms with Gasteiger partial charge in [-0.05, 0) is 44.4 Å². The topological polar surface area (TPSA) is 53.5 Å². The Bertz CT molecular complexity index is 496. The molecule has 1 saturated carbocycles. The second-order valence-electron chi connectivity index (χ2n) is 6.57. The Morgan fingerprint density at radius 2 is 2.10 bits per heavy atom. The summed E-state index contributed by atoms with van der Waals surface area (Å²) in [6.45, 7) is 2.31. The van der Waals surface area contributed by atoms with E-state index in [4.69, 9.17) is 0 Å². The first-order chi connectivity index (χ1) is 10.2. The third kappa shape index (κ3) is 3.36. The van der Waals surface area contributed by atoms with Gasteiger partial charge in [-0.2, -0.15) is 5.10 Å². The number of nitrogens with one attached hydrogen (secondary N) is 2. The highest BCUT2D eigenvalue weighted by atomic mass is 16.2. The van der Waals surface area contributed by atoms with E-state index in [1.165, 1.54) is 31.4 Å². The molecule has 0 aromatic carbocycles. The summed E-state index contributed by atoms with van der Waals surface area (Å²) in [4.78, 5) is 12.0. The maximum atomic E-state index is 12.0. The van der Waals surface area contributed by atoms with Gasteiger partial charge in [-0.1, -0.05) is 25.8 Å². The van der Waals surface area contributed by atoms with Crippen molar-refractivity contribution in [2.45, 2.75) is 58.3 Å². The second kappa shape index (κ2) is 6.46. The molecule has 1 fully saturated rings. The Hall–Kier alpha value is -1.58. The van der Waals surface area contributed by atoms with E-state index in [1.54, 1.807) is 0 Å². The fourth-order valence-corrected chi connectivity index (χ4v) is 3.47. The van der Waals surface area contributed by atoms with Crippen LogP contribution in [0, 0.1) is 11.8 Å². The summed E-state index contributed by atoms with van der Waals surface area (Å²) in [6.07, 6.45) is 13.6. The normalized spacial score (nSPS) is 31.7. The number of carbonyl (C=O) groups excluding carboxylic acids is 1. The van der Waals surface area contributed by atoms with Gasteiger partial charge in [0.2, 0.25) is 0 Å². The molecule has 0 saturated heterocycles. The highest BCUT2D eigenvalue weighted by Crippen LogP contribution is 2.32. The zero-order valence-electron chi connectivity index (χ0n) is 12.8. The average molecular weight is 287 g/mol. The smallest absolute Gasteiger partial charge is 0.274 e. The van der Waals surface area contributed by atoms with Crippen molar-refractivity contribution in [3.8, 4) is 0 Å². The molecule has 1 amide bonds. The van der Waals surface area contributed by atoms with Gasteiger partial charge >= 0.3 is 0 Å². The average Bonchev–Trinajstić information content (AvgIpc) is 2.88. The highest BCUT2D eigenvalue weighted by molar-refractivity contribution is 6.25. The highest BCUT2D eigenvalue weighted by Gasteiger charge is 2.31. The molecule has 114 valence electrons. The molecule has 0 bridgehead atoms. The van der Waals surface area contributed by atoms with E-state index in [-0.39, 0.29) is 5.91 Å². The molecule has 0 aromatic heterocycles. The summed E-state index contributed by atoms with van der Waals surface area (Å²) in [5.41, 5.74) is 5.58. The molecule has 0 atom stereocenters. The molecule has 1 heterocycles. The number of nitrogens with zero attached hydrogens (tertiary/aromatic N) is 1. The molecular formula is C17H25N3O. The molecule has 21 heavy (non-hydrogen) atoms. The Balaban J connectivity index is 1.68. The van der Waals surface area contributed by atoms with Crippen molar-refractivity contribution in [3.05, 3.63) is 23.5 Å². The number of rotatable bonds is 3. The lowest BCUT2D eigenvalue weighted by atomic mass is 9.79. The van der Waals surface area contributed by atoms with Crippen LogP contribution in [-0.4, -0.2) is 11.6 Å². The molecule has 0 aromatic rings. The molecule has 3 aliphatic rings. The van der Waals surface area contributed by atoms with Crippen LogP contribution in [0.5, 0.6) is 0 Å². The lowest BCUT2D eigenvalue weighted by molar-refractivity contribution is -0.116. The van der Waals surface area contributed by atoms with Crippen LogP contribution in [0.1, 0.15) is 58.3 Å². The van der Waals surface area contributed by atoms with Gasteiger partial charge < -0.3 is 5.32 Å². The predicted molar refractivity (Wildman–Crippen MR) is 84.5 cm³/mol. The summed E-state index contributed by atoms with van der Waals surface area (Å²) in [5.74, 6) is 1.19. The van der Waals surface area contributed by atoms with E-state index in [2.05, 4.69) is 28.8 Å². The summed E-state index contributed by atoms with van der Waals surface area (Å²) in [7, 11) is 0. The summed E-state index contributed by atoms with van der Waals surface area (Å²) in [5, 5.41) is 7.63. The molecule has 2 aliphatic carbocycles. The van der Waals surface area contributed by atoms with Crippen LogP contribution < -0.4 is 10.7 Å². The van der Waals surface area contributed by atoms with E-state index >= 15 is 0 Å². The standard InChI is InChI=1S/C17H25N3O/c1-12-7-9-13(10-8-12)16-15(17(21)20-19-16)11-18-14-5-3-2-4-6-14/h5,11-13,18H,2-4,6-10H2,1H3,(H,20,21)/b15-11-. The molecular weight excluding hydrogens is 262 g/mol. The first-order valence-corrected chi connectivity index (χ1v) is 8.28. The van der Waals surface area contributed by atoms with E-state index in [0.717, 1.165) is 42.9 Å². The summed E-state index contributed by atoms with van der Waals surface area (Å²) >= 11 is 0. The van der Waals surface area contributed by atoms with E-state index in [1.807, 2.05) is 6.20 Å². The second-order valence-corrected chi connectivity index (χ2v) is 6.57. The Morgan fingerprint density at radius 1 is 1.29 bits per heavy atom. The van der Waals surface area contributed by atoms with Gasteiger partial charge in [0, 0.05) is 17.8 Å². The number of hydrazone groups is 1. The maximum Gasteiger partial charge on any atom is 0.274 e. The molecule has 3 rings (SSSR count). The first kappa shape index (κ1) is 14.4. The summed E-state index contributed by atoms with van der Waals surface area (Å²) in [6, 6.07) is 0. The lowest BCUT2D eigenvalue weighted by Gasteiger charge is -2.26. The Labute approximate surface area is 126 Å². The fourth-order valence-electron chi connectivity index (χ4n) is 3.47. The van der Waals surface area contributed by atoms with Gasteiger partial charge in [0.25, 0.3) is 5.91 Å². The number of hydrogen-bond donors (Lipinski definition) is 2. The van der Waals surface area contributed by atoms with Crippen LogP contribution in [0.3, 0.4) is 0 Å². The van der Waals surface area contributed by atoms with E-state index in [0.29, 0.717) is 5.92 Å². The minimum absolute atomic E-state index is 0.0625. The molecule has 4 heteroatoms. The van der Waals surface area contributed by atoms with Crippen LogP contribution in [-0.2, 0) is 4.79 Å². The molecule has 2 N–H and O–H groups in total. The van der Waals surface area contributed by atoms with Gasteiger partial charge in [-0.3, -0.25) is 4.79 Å². The minimum atomic E-state index is -0.0625. The van der Waals surface area contributed by atoms with Crippen LogP contribution in [0.4, 0.5) is 0 Å². The zero-order valence-corrected chi connectivity index (χ0v) is 12.8. The predicted octanol–water partition coefficient (Wildman–Crippen LogP) is 3.23. The molecule has 4 nitrogen and oxygen atoms in total. The van der Waals surface area contributed by atoms with Crippen molar-refractivity contribution in [1.29, 1.82) is 0 Å². The fraction of sp³-hybridized carbons (Fsp3) is 0.647. The molecule has 0 radical (unpaired) electrons. The van der Waals surface area contributed by atoms with Gasteiger partial charge in [-0.25, -0.2) is 5.43 Å². The van der Waals surface area contributed by atoms with Gasteiger partial charge in [0.15, 0.2) is 0 Å². The SMILES string of the molecule is CC1CCC(C2=NNC(=O)/C2=C\NC2=CCCCC2)CC1. The van der Waals surface area contributed by atoms with Crippen molar-refractivity contribution in [1.82, 2.24) is 10.7 Å². The van der Waals surface area contributed by atoms with Crippen molar-refractivity contribution in [2.24, 2.45) is 16.9 Å². The lowest BCUT2D eigenvalue weighted by Crippen LogP contribution is -2.24. The third-order valence-corrected chi connectivity index (χ3v) is 4.89. The van der Waals surface area contributed by atoms with Crippen molar-refractivity contribution in [2.75, 3.05) is 0 Å². The Kier molecular flexibility index (Phi) is 4.42. The van der Waals surface area contributed by atoms with Crippen LogP contribution in [0.15, 0.2) is 28.6 Å². The van der Waals surface area contributed by atoms with Gasteiger partial charge in [0.05, 0.1) is 11.3 Å². The van der Waals surface area contributed by atoms with Crippen molar-refractivity contribution >= 4 is 11.6 Å². The number of hydrogen-bond acceptors (Lipinski definition) is 3. The van der Waals surface area contributed by atoms with E-state index < -0.39 is 0 Å². The van der Waals surface area contributed by atoms with Gasteiger partial charge in [-0.15, -0.1) is 0 Å². The number of allylic oxidation sites excluding steroid dienone is 2.